The molecule has 0 aromatic heterocycles. The number of nitrogens with zero attached hydrogens (tertiary/aromatic N) is 1. The number of piperidine rings is 1. The molecule has 1 N–H and O–H groups in total. The molecule has 1 saturated heterocycles. The minimum atomic E-state index is -0.230. The van der Waals surface area contributed by atoms with Crippen LogP contribution in [0.4, 0.5) is 10.1 Å². The molecule has 1 heterocycles. The van der Waals surface area contributed by atoms with Crippen molar-refractivity contribution in [3.8, 4) is 0 Å². The average molecular weight is 368 g/mol. The molecule has 1 aliphatic heterocycles. The molecular weight excluding hydrogens is 343 g/mol. The van der Waals surface area contributed by atoms with Gasteiger partial charge in [-0.2, -0.15) is 0 Å². The Labute approximate surface area is 159 Å². The van der Waals surface area contributed by atoms with E-state index in [4.69, 9.17) is 0 Å². The largest absolute Gasteiger partial charge is 0.371 e. The van der Waals surface area contributed by atoms with Crippen LogP contribution in [0.5, 0.6) is 0 Å². The molecule has 1 aliphatic rings. The maximum Gasteiger partial charge on any atom is 0.220 e. The van der Waals surface area contributed by atoms with Crippen LogP contribution in [0.25, 0.3) is 0 Å². The number of nitrogens with one attached hydrogen (secondary N) is 1. The molecule has 3 rings (SSSR count). The van der Waals surface area contributed by atoms with E-state index in [1.807, 2.05) is 18.2 Å². The van der Waals surface area contributed by atoms with Gasteiger partial charge in [0.1, 0.15) is 5.82 Å². The highest BCUT2D eigenvalue weighted by Gasteiger charge is 2.21. The van der Waals surface area contributed by atoms with Crippen molar-refractivity contribution < 1.29 is 14.0 Å². The Morgan fingerprint density at radius 2 is 1.63 bits per heavy atom. The van der Waals surface area contributed by atoms with E-state index in [2.05, 4.69) is 10.2 Å². The van der Waals surface area contributed by atoms with Crippen LogP contribution in [0.3, 0.4) is 0 Å². The lowest BCUT2D eigenvalue weighted by atomic mass is 10.0. The molecule has 5 heteroatoms. The molecule has 0 radical (unpaired) electrons. The molecular formula is C22H25FN2O2. The Kier molecular flexibility index (Phi) is 6.58. The van der Waals surface area contributed by atoms with Gasteiger partial charge >= 0.3 is 0 Å². The van der Waals surface area contributed by atoms with E-state index in [9.17, 15) is 14.0 Å². The number of carbonyl (C=O) groups is 2. The number of carbonyl (C=O) groups excluding carboxylic acids is 2. The summed E-state index contributed by atoms with van der Waals surface area (Å²) in [6.07, 6.45) is 3.06. The molecule has 0 spiro atoms. The van der Waals surface area contributed by atoms with Crippen molar-refractivity contribution in [2.75, 3.05) is 18.0 Å². The molecule has 142 valence electrons. The molecule has 2 aromatic carbocycles. The zero-order valence-corrected chi connectivity index (χ0v) is 15.4. The summed E-state index contributed by atoms with van der Waals surface area (Å²) >= 11 is 0. The first-order chi connectivity index (χ1) is 13.1. The summed E-state index contributed by atoms with van der Waals surface area (Å²) in [7, 11) is 0. The zero-order chi connectivity index (χ0) is 19.1. The van der Waals surface area contributed by atoms with Crippen LogP contribution >= 0.6 is 0 Å². The SMILES string of the molecule is O=C(CCCC(=O)c1ccccc1)NC1CCN(c2ccc(F)cc2)CC1. The summed E-state index contributed by atoms with van der Waals surface area (Å²) in [6, 6.07) is 15.9. The summed E-state index contributed by atoms with van der Waals surface area (Å²) < 4.78 is 13.0. The predicted octanol–water partition coefficient (Wildman–Crippen LogP) is 3.96. The first-order valence-corrected chi connectivity index (χ1v) is 9.50. The van der Waals surface area contributed by atoms with Crippen LogP contribution in [0, 0.1) is 5.82 Å². The normalized spacial score (nSPS) is 14.8. The molecule has 0 bridgehead atoms. The summed E-state index contributed by atoms with van der Waals surface area (Å²) in [4.78, 5) is 26.4. The van der Waals surface area contributed by atoms with Gasteiger partial charge in [0.05, 0.1) is 0 Å². The number of hydrogen-bond donors (Lipinski definition) is 1. The Bertz CT molecular complexity index is 754. The topological polar surface area (TPSA) is 49.4 Å². The van der Waals surface area contributed by atoms with Gasteiger partial charge in [-0.05, 0) is 43.5 Å². The first kappa shape index (κ1) is 19.1. The van der Waals surface area contributed by atoms with Crippen molar-refractivity contribution in [3.05, 3.63) is 66.0 Å². The number of Topliss-reactive ketones (excluding diaryl/α,β-unsaturated/α-hetero) is 1. The van der Waals surface area contributed by atoms with Gasteiger partial charge in [-0.25, -0.2) is 4.39 Å². The maximum absolute atomic E-state index is 13.0. The zero-order valence-electron chi connectivity index (χ0n) is 15.4. The number of hydrogen-bond acceptors (Lipinski definition) is 3. The van der Waals surface area contributed by atoms with Gasteiger partial charge in [0, 0.05) is 43.2 Å². The van der Waals surface area contributed by atoms with Gasteiger partial charge in [0.25, 0.3) is 0 Å². The van der Waals surface area contributed by atoms with Crippen molar-refractivity contribution in [3.63, 3.8) is 0 Å². The maximum atomic E-state index is 13.0. The number of rotatable bonds is 7. The molecule has 27 heavy (non-hydrogen) atoms. The Morgan fingerprint density at radius 1 is 0.963 bits per heavy atom. The average Bonchev–Trinajstić information content (AvgIpc) is 2.70. The second-order valence-corrected chi connectivity index (χ2v) is 6.95. The van der Waals surface area contributed by atoms with Gasteiger partial charge in [0.15, 0.2) is 5.78 Å². The van der Waals surface area contributed by atoms with E-state index in [0.717, 1.165) is 31.6 Å². The second kappa shape index (κ2) is 9.31. The van der Waals surface area contributed by atoms with Crippen LogP contribution in [0.15, 0.2) is 54.6 Å². The number of anilines is 1. The highest BCUT2D eigenvalue weighted by Crippen LogP contribution is 2.20. The molecule has 0 unspecified atom stereocenters. The first-order valence-electron chi connectivity index (χ1n) is 9.50. The molecule has 0 aliphatic carbocycles. The third kappa shape index (κ3) is 5.64. The van der Waals surface area contributed by atoms with E-state index < -0.39 is 0 Å². The smallest absolute Gasteiger partial charge is 0.220 e. The Morgan fingerprint density at radius 3 is 2.30 bits per heavy atom. The van der Waals surface area contributed by atoms with Crippen LogP contribution in [-0.2, 0) is 4.79 Å². The summed E-state index contributed by atoms with van der Waals surface area (Å²) in [5, 5.41) is 3.08. The van der Waals surface area contributed by atoms with E-state index in [-0.39, 0.29) is 23.5 Å². The second-order valence-electron chi connectivity index (χ2n) is 6.95. The monoisotopic (exact) mass is 368 g/mol. The quantitative estimate of drug-likeness (QED) is 0.753. The standard InChI is InChI=1S/C22H25FN2O2/c23-18-9-11-20(12-10-18)25-15-13-19(14-16-25)24-22(27)8-4-7-21(26)17-5-2-1-3-6-17/h1-3,5-6,9-12,19H,4,7-8,13-16H2,(H,24,27). The Balaban J connectivity index is 1.36. The third-order valence-electron chi connectivity index (χ3n) is 4.96. The molecule has 0 saturated carbocycles. The molecule has 2 aromatic rings. The van der Waals surface area contributed by atoms with Crippen molar-refractivity contribution >= 4 is 17.4 Å². The van der Waals surface area contributed by atoms with Gasteiger partial charge in [-0.1, -0.05) is 30.3 Å². The van der Waals surface area contributed by atoms with E-state index >= 15 is 0 Å². The predicted molar refractivity (Wildman–Crippen MR) is 104 cm³/mol. The lowest BCUT2D eigenvalue weighted by Gasteiger charge is -2.34. The van der Waals surface area contributed by atoms with Crippen LogP contribution in [0.1, 0.15) is 42.5 Å². The third-order valence-corrected chi connectivity index (χ3v) is 4.96. The number of benzene rings is 2. The van der Waals surface area contributed by atoms with Crippen LogP contribution in [0.2, 0.25) is 0 Å². The van der Waals surface area contributed by atoms with E-state index in [0.29, 0.717) is 24.8 Å². The lowest BCUT2D eigenvalue weighted by molar-refractivity contribution is -0.122. The van der Waals surface area contributed by atoms with Crippen LogP contribution in [-0.4, -0.2) is 30.8 Å². The number of ketones is 1. The lowest BCUT2D eigenvalue weighted by Crippen LogP contribution is -2.44. The number of amides is 1. The van der Waals surface area contributed by atoms with Gasteiger partial charge in [-0.15, -0.1) is 0 Å². The van der Waals surface area contributed by atoms with Gasteiger partial charge in [0.2, 0.25) is 5.91 Å². The van der Waals surface area contributed by atoms with Crippen molar-refractivity contribution in [2.24, 2.45) is 0 Å². The number of halogens is 1. The minimum absolute atomic E-state index is 0.0103. The Hall–Kier alpha value is -2.69. The van der Waals surface area contributed by atoms with Crippen molar-refractivity contribution in [1.82, 2.24) is 5.32 Å². The molecule has 4 nitrogen and oxygen atoms in total. The highest BCUT2D eigenvalue weighted by molar-refractivity contribution is 5.96. The minimum Gasteiger partial charge on any atom is -0.371 e. The van der Waals surface area contributed by atoms with E-state index in [1.54, 1.807) is 24.3 Å². The molecule has 1 amide bonds. The van der Waals surface area contributed by atoms with Gasteiger partial charge < -0.3 is 10.2 Å². The van der Waals surface area contributed by atoms with Crippen molar-refractivity contribution in [2.45, 2.75) is 38.1 Å². The molecule has 1 fully saturated rings. The summed E-state index contributed by atoms with van der Waals surface area (Å²) in [5.74, 6) is -0.140. The fraction of sp³-hybridized carbons (Fsp3) is 0.364. The van der Waals surface area contributed by atoms with E-state index in [1.165, 1.54) is 12.1 Å². The van der Waals surface area contributed by atoms with Crippen LogP contribution < -0.4 is 10.2 Å². The molecule has 0 atom stereocenters. The summed E-state index contributed by atoms with van der Waals surface area (Å²) in [5.41, 5.74) is 1.71. The van der Waals surface area contributed by atoms with Gasteiger partial charge in [-0.3, -0.25) is 9.59 Å². The fourth-order valence-electron chi connectivity index (χ4n) is 3.41. The van der Waals surface area contributed by atoms with Crippen molar-refractivity contribution in [1.29, 1.82) is 0 Å². The fourth-order valence-corrected chi connectivity index (χ4v) is 3.41. The highest BCUT2D eigenvalue weighted by atomic mass is 19.1. The summed E-state index contributed by atoms with van der Waals surface area (Å²) in [6.45, 7) is 1.67.